The molecule has 16 heteroatoms. The van der Waals surface area contributed by atoms with Crippen molar-refractivity contribution in [2.75, 3.05) is 45.3 Å². The lowest BCUT2D eigenvalue weighted by Crippen LogP contribution is -2.34. The molecule has 2 amide bonds. The number of halogens is 1. The fourth-order valence-electron chi connectivity index (χ4n) is 4.41. The number of aryl methyl sites for hydroxylation is 1. The first-order chi connectivity index (χ1) is 18.8. The van der Waals surface area contributed by atoms with Crippen LogP contribution >= 0.6 is 11.6 Å². The number of fused-ring (bicyclic) bond motifs is 1. The number of imidazole rings is 1. The summed E-state index contributed by atoms with van der Waals surface area (Å²) in [4.78, 5) is 38.8. The molecule has 1 aromatic carbocycles. The Labute approximate surface area is 256 Å². The van der Waals surface area contributed by atoms with Crippen LogP contribution in [0.4, 0.5) is 5.95 Å². The number of nitrogens with one attached hydrogen (secondary N) is 1. The van der Waals surface area contributed by atoms with Gasteiger partial charge in [0.2, 0.25) is 11.9 Å². The highest BCUT2D eigenvalue weighted by atomic mass is 35.5. The minimum atomic E-state index is -3.67. The average molecular weight is 645 g/mol. The molecule has 240 valence electrons. The number of amides is 2. The summed E-state index contributed by atoms with van der Waals surface area (Å²) in [7, 11) is 0.265. The van der Waals surface area contributed by atoms with E-state index in [1.54, 1.807) is 24.4 Å². The fourth-order valence-corrected chi connectivity index (χ4v) is 4.67. The number of para-hydroxylation sites is 1. The standard InChI is InChI=1S/C26H31ClN6O2.CH4O3S.3H2O/c1-18-16-19(12-13-28-18)25(35)30-26-29-22-10-6-9-21(27)24(22)33(26)20-8-4-5-15-32(17-20)23(34)11-7-14-31(2)3;1-5(2,3)4;;;/h6-7,9-13,16,20H,4-5,8,14-15,17H2,1-3H3,(H,29,30,35);1H3,(H,2,3,4);3*1H2/t20-;;;;/m1..../s1. The van der Waals surface area contributed by atoms with E-state index < -0.39 is 10.1 Å². The molecule has 0 unspecified atom stereocenters. The highest BCUT2D eigenvalue weighted by Gasteiger charge is 2.27. The summed E-state index contributed by atoms with van der Waals surface area (Å²) < 4.78 is 27.9. The summed E-state index contributed by atoms with van der Waals surface area (Å²) in [6.45, 7) is 3.75. The number of nitrogens with zero attached hydrogens (tertiary/aromatic N) is 5. The van der Waals surface area contributed by atoms with Crippen molar-refractivity contribution < 1.29 is 39.0 Å². The number of hydrogen-bond donors (Lipinski definition) is 2. The van der Waals surface area contributed by atoms with Gasteiger partial charge in [-0.2, -0.15) is 8.42 Å². The number of aromatic nitrogens is 3. The molecule has 3 aromatic rings. The topological polar surface area (TPSA) is 232 Å². The molecule has 1 saturated heterocycles. The van der Waals surface area contributed by atoms with Gasteiger partial charge in [0.1, 0.15) is 0 Å². The van der Waals surface area contributed by atoms with Crippen LogP contribution < -0.4 is 5.32 Å². The quantitative estimate of drug-likeness (QED) is 0.293. The maximum absolute atomic E-state index is 13.1. The van der Waals surface area contributed by atoms with Gasteiger partial charge >= 0.3 is 0 Å². The van der Waals surface area contributed by atoms with Gasteiger partial charge in [-0.05, 0) is 64.5 Å². The molecule has 4 rings (SSSR count). The maximum atomic E-state index is 13.1. The Hall–Kier alpha value is -3.44. The molecule has 0 aliphatic carbocycles. The molecule has 14 nitrogen and oxygen atoms in total. The van der Waals surface area contributed by atoms with Crippen LogP contribution in [0.1, 0.15) is 41.4 Å². The number of pyridine rings is 1. The van der Waals surface area contributed by atoms with Crippen LogP contribution in [0.3, 0.4) is 0 Å². The zero-order valence-electron chi connectivity index (χ0n) is 24.5. The van der Waals surface area contributed by atoms with Crippen molar-refractivity contribution in [1.29, 1.82) is 0 Å². The third kappa shape index (κ3) is 12.0. The first kappa shape index (κ1) is 39.6. The van der Waals surface area contributed by atoms with Crippen LogP contribution in [0.25, 0.3) is 11.0 Å². The van der Waals surface area contributed by atoms with Gasteiger partial charge < -0.3 is 30.8 Å². The number of likely N-dealkylation sites (N-methyl/N-ethyl adjacent to an activating group) is 1. The third-order valence-corrected chi connectivity index (χ3v) is 6.40. The van der Waals surface area contributed by atoms with Gasteiger partial charge in [-0.3, -0.25) is 24.4 Å². The van der Waals surface area contributed by atoms with Crippen LogP contribution in [0.2, 0.25) is 5.02 Å². The van der Waals surface area contributed by atoms with Crippen LogP contribution in [0, 0.1) is 6.92 Å². The molecule has 2 aromatic heterocycles. The van der Waals surface area contributed by atoms with Crippen molar-refractivity contribution in [2.45, 2.75) is 32.2 Å². The van der Waals surface area contributed by atoms with E-state index in [9.17, 15) is 18.0 Å². The Morgan fingerprint density at radius 2 is 1.86 bits per heavy atom. The van der Waals surface area contributed by atoms with E-state index >= 15 is 0 Å². The SMILES string of the molecule is CS(=O)(=O)O.Cc1cc(C(=O)Nc2nc3cccc(Cl)c3n2[C@@H]2CCCCN(C(=O)C=CCN(C)C)C2)ccn1.O.O.O. The lowest BCUT2D eigenvalue weighted by atomic mass is 10.1. The molecule has 1 fully saturated rings. The van der Waals surface area contributed by atoms with Gasteiger partial charge in [0.25, 0.3) is 16.0 Å². The summed E-state index contributed by atoms with van der Waals surface area (Å²) in [5.74, 6) is 0.151. The Bertz CT molecular complexity index is 1490. The van der Waals surface area contributed by atoms with E-state index in [1.165, 1.54) is 0 Å². The number of carbonyl (C=O) groups excluding carboxylic acids is 2. The van der Waals surface area contributed by atoms with Gasteiger partial charge in [-0.1, -0.05) is 23.7 Å². The van der Waals surface area contributed by atoms with E-state index in [4.69, 9.17) is 21.1 Å². The summed E-state index contributed by atoms with van der Waals surface area (Å²) in [5, 5.41) is 3.54. The molecule has 3 heterocycles. The van der Waals surface area contributed by atoms with E-state index in [0.29, 0.717) is 47.9 Å². The second-order valence-corrected chi connectivity index (χ2v) is 11.8. The van der Waals surface area contributed by atoms with Crippen molar-refractivity contribution in [3.8, 4) is 0 Å². The zero-order valence-corrected chi connectivity index (χ0v) is 26.1. The lowest BCUT2D eigenvalue weighted by molar-refractivity contribution is -0.126. The van der Waals surface area contributed by atoms with Crippen molar-refractivity contribution >= 4 is 50.5 Å². The predicted molar refractivity (Wildman–Crippen MR) is 167 cm³/mol. The number of benzene rings is 1. The van der Waals surface area contributed by atoms with Gasteiger partial charge in [0.05, 0.1) is 28.4 Å². The van der Waals surface area contributed by atoms with Crippen LogP contribution in [0.15, 0.2) is 48.7 Å². The Balaban J connectivity index is 0.00000204. The highest BCUT2D eigenvalue weighted by Crippen LogP contribution is 2.34. The predicted octanol–water partition coefficient (Wildman–Crippen LogP) is 1.35. The largest absolute Gasteiger partial charge is 0.412 e. The molecule has 43 heavy (non-hydrogen) atoms. The highest BCUT2D eigenvalue weighted by molar-refractivity contribution is 7.85. The third-order valence-electron chi connectivity index (χ3n) is 6.10. The molecule has 0 bridgehead atoms. The molecular formula is C27H41ClN6O8S. The van der Waals surface area contributed by atoms with Gasteiger partial charge in [0, 0.05) is 43.2 Å². The molecule has 0 radical (unpaired) electrons. The number of rotatable bonds is 6. The van der Waals surface area contributed by atoms with E-state index in [-0.39, 0.29) is 34.3 Å². The first-order valence-electron chi connectivity index (χ1n) is 12.8. The zero-order chi connectivity index (χ0) is 29.4. The minimum absolute atomic E-state index is 0. The normalized spacial score (nSPS) is 15.0. The summed E-state index contributed by atoms with van der Waals surface area (Å²) >= 11 is 6.63. The van der Waals surface area contributed by atoms with Crippen molar-refractivity contribution in [3.05, 3.63) is 65.0 Å². The van der Waals surface area contributed by atoms with Crippen molar-refractivity contribution in [3.63, 3.8) is 0 Å². The van der Waals surface area contributed by atoms with E-state index in [2.05, 4.69) is 10.3 Å². The Morgan fingerprint density at radius 1 is 1.19 bits per heavy atom. The van der Waals surface area contributed by atoms with Gasteiger partial charge in [-0.25, -0.2) is 4.98 Å². The van der Waals surface area contributed by atoms with Gasteiger partial charge in [0.15, 0.2) is 0 Å². The number of hydrogen-bond acceptors (Lipinski definition) is 7. The van der Waals surface area contributed by atoms with E-state index in [0.717, 1.165) is 30.5 Å². The smallest absolute Gasteiger partial charge is 0.261 e. The Kier molecular flexibility index (Phi) is 16.2. The number of anilines is 1. The number of likely N-dealkylation sites (tertiary alicyclic amines) is 1. The molecule has 1 atom stereocenters. The molecule has 1 aliphatic heterocycles. The second-order valence-electron chi connectivity index (χ2n) is 9.88. The average Bonchev–Trinajstić information content (AvgIpc) is 3.04. The molecule has 1 aliphatic rings. The minimum Gasteiger partial charge on any atom is -0.412 e. The first-order valence-corrected chi connectivity index (χ1v) is 15.0. The van der Waals surface area contributed by atoms with E-state index in [1.807, 2.05) is 59.7 Å². The molecule has 8 N–H and O–H groups in total. The summed E-state index contributed by atoms with van der Waals surface area (Å²) in [5.41, 5.74) is 2.73. The Morgan fingerprint density at radius 3 is 2.49 bits per heavy atom. The monoisotopic (exact) mass is 644 g/mol. The van der Waals surface area contributed by atoms with Crippen LogP contribution in [0.5, 0.6) is 0 Å². The van der Waals surface area contributed by atoms with Crippen molar-refractivity contribution in [1.82, 2.24) is 24.3 Å². The summed E-state index contributed by atoms with van der Waals surface area (Å²) in [6, 6.07) is 8.88. The van der Waals surface area contributed by atoms with Crippen molar-refractivity contribution in [2.24, 2.45) is 0 Å². The van der Waals surface area contributed by atoms with Gasteiger partial charge in [-0.15, -0.1) is 0 Å². The van der Waals surface area contributed by atoms with Crippen LogP contribution in [-0.2, 0) is 14.9 Å². The molecular weight excluding hydrogens is 604 g/mol. The number of carbonyl (C=O) groups is 2. The molecule has 0 saturated carbocycles. The fraction of sp³-hybridized carbons (Fsp3) is 0.407. The second kappa shape index (κ2) is 17.6. The maximum Gasteiger partial charge on any atom is 0.261 e. The van der Waals surface area contributed by atoms with Crippen LogP contribution in [-0.4, -0.2) is 106 Å². The molecule has 0 spiro atoms. The summed E-state index contributed by atoms with van der Waals surface area (Å²) in [6.07, 6.45) is 8.58. The lowest BCUT2D eigenvalue weighted by Gasteiger charge is -2.26.